The van der Waals surface area contributed by atoms with Gasteiger partial charge in [-0.15, -0.1) is 0 Å². The molecule has 2 nitrogen and oxygen atoms in total. The molecule has 0 aliphatic carbocycles. The molecule has 14 heavy (non-hydrogen) atoms. The molecule has 0 spiro atoms. The maximum Gasteiger partial charge on any atom is 0.265 e. The van der Waals surface area contributed by atoms with E-state index in [0.29, 0.717) is 5.56 Å². The van der Waals surface area contributed by atoms with Crippen molar-refractivity contribution in [3.8, 4) is 6.07 Å². The summed E-state index contributed by atoms with van der Waals surface area (Å²) in [6, 6.07) is 1.71. The highest BCUT2D eigenvalue weighted by atomic mass is 79.9. The molecule has 74 valence electrons. The van der Waals surface area contributed by atoms with E-state index in [2.05, 4.69) is 36.8 Å². The number of halogens is 4. The molecule has 0 aromatic carbocycles. The Morgan fingerprint density at radius 3 is 2.64 bits per heavy atom. The minimum absolute atomic E-state index is 0.100. The van der Waals surface area contributed by atoms with E-state index in [9.17, 15) is 8.78 Å². The summed E-state index contributed by atoms with van der Waals surface area (Å²) in [5, 5.41) is 8.95. The molecule has 0 atom stereocenters. The van der Waals surface area contributed by atoms with Crippen LogP contribution >= 0.6 is 31.9 Å². The van der Waals surface area contributed by atoms with Gasteiger partial charge in [-0.3, -0.25) is 0 Å². The molecular formula is C8H4Br2F2N2. The van der Waals surface area contributed by atoms with Crippen LogP contribution in [-0.2, 0) is 5.33 Å². The predicted molar refractivity (Wildman–Crippen MR) is 54.2 cm³/mol. The number of nitrogens with zero attached hydrogens (tertiary/aromatic N) is 2. The van der Waals surface area contributed by atoms with Gasteiger partial charge in [0.1, 0.15) is 10.7 Å². The zero-order valence-corrected chi connectivity index (χ0v) is 9.94. The van der Waals surface area contributed by atoms with Gasteiger partial charge in [-0.05, 0) is 21.5 Å². The van der Waals surface area contributed by atoms with E-state index in [-0.39, 0.29) is 21.1 Å². The van der Waals surface area contributed by atoms with E-state index < -0.39 is 6.43 Å². The summed E-state index contributed by atoms with van der Waals surface area (Å²) in [6.07, 6.45) is -1.35. The lowest BCUT2D eigenvalue weighted by molar-refractivity contribution is 0.150. The number of pyridine rings is 1. The van der Waals surface area contributed by atoms with Crippen LogP contribution in [0.4, 0.5) is 8.78 Å². The lowest BCUT2D eigenvalue weighted by atomic mass is 10.1. The third-order valence-electron chi connectivity index (χ3n) is 1.63. The van der Waals surface area contributed by atoms with Crippen molar-refractivity contribution >= 4 is 31.9 Å². The van der Waals surface area contributed by atoms with Crippen molar-refractivity contribution in [1.82, 2.24) is 4.98 Å². The Morgan fingerprint density at radius 2 is 2.21 bits per heavy atom. The van der Waals surface area contributed by atoms with Crippen LogP contribution in [0.2, 0.25) is 0 Å². The SMILES string of the molecule is N#Cc1c(Br)ncc(CBr)c1C(F)F. The van der Waals surface area contributed by atoms with Crippen LogP contribution in [0.25, 0.3) is 0 Å². The zero-order chi connectivity index (χ0) is 10.7. The summed E-state index contributed by atoms with van der Waals surface area (Å²) >= 11 is 6.02. The first kappa shape index (κ1) is 11.5. The Hall–Kier alpha value is -0.540. The Balaban J connectivity index is 3.46. The lowest BCUT2D eigenvalue weighted by Gasteiger charge is -2.08. The smallest absolute Gasteiger partial charge is 0.248 e. The topological polar surface area (TPSA) is 36.7 Å². The first-order valence-electron chi connectivity index (χ1n) is 3.53. The lowest BCUT2D eigenvalue weighted by Crippen LogP contribution is -1.99. The third-order valence-corrected chi connectivity index (χ3v) is 2.83. The van der Waals surface area contributed by atoms with Gasteiger partial charge >= 0.3 is 0 Å². The van der Waals surface area contributed by atoms with E-state index in [0.717, 1.165) is 0 Å². The molecule has 0 aliphatic heterocycles. The Labute approximate surface area is 96.2 Å². The molecule has 1 rings (SSSR count). The molecule has 0 fully saturated rings. The van der Waals surface area contributed by atoms with Crippen LogP contribution in [-0.4, -0.2) is 4.98 Å². The van der Waals surface area contributed by atoms with Crippen LogP contribution in [0.5, 0.6) is 0 Å². The number of aromatic nitrogens is 1. The molecule has 0 aliphatic rings. The molecule has 1 heterocycles. The first-order valence-corrected chi connectivity index (χ1v) is 5.44. The summed E-state index contributed by atoms with van der Waals surface area (Å²) < 4.78 is 25.4. The van der Waals surface area contributed by atoms with Gasteiger partial charge < -0.3 is 0 Å². The summed E-state index contributed by atoms with van der Waals surface area (Å²) in [4.78, 5) is 3.79. The fraction of sp³-hybridized carbons (Fsp3) is 0.250. The van der Waals surface area contributed by atoms with E-state index >= 15 is 0 Å². The quantitative estimate of drug-likeness (QED) is 0.616. The molecule has 0 saturated carbocycles. The summed E-state index contributed by atoms with van der Waals surface area (Å²) in [7, 11) is 0. The standard InChI is InChI=1S/C8H4Br2F2N2/c9-1-4-3-14-7(10)5(2-13)6(4)8(11)12/h3,8H,1H2. The molecule has 0 amide bonds. The molecular weight excluding hydrogens is 322 g/mol. The monoisotopic (exact) mass is 324 g/mol. The number of nitriles is 1. The van der Waals surface area contributed by atoms with Gasteiger partial charge in [0, 0.05) is 17.1 Å². The minimum Gasteiger partial charge on any atom is -0.248 e. The number of hydrogen-bond acceptors (Lipinski definition) is 2. The highest BCUT2D eigenvalue weighted by Crippen LogP contribution is 2.30. The number of rotatable bonds is 2. The van der Waals surface area contributed by atoms with Crippen molar-refractivity contribution in [2.75, 3.05) is 0 Å². The van der Waals surface area contributed by atoms with Gasteiger partial charge in [0.15, 0.2) is 0 Å². The molecule has 1 aromatic rings. The second-order valence-electron chi connectivity index (χ2n) is 2.41. The van der Waals surface area contributed by atoms with Crippen LogP contribution in [0, 0.1) is 11.3 Å². The van der Waals surface area contributed by atoms with E-state index in [1.165, 1.54) is 6.20 Å². The average molecular weight is 326 g/mol. The summed E-state index contributed by atoms with van der Waals surface area (Å²) in [5.41, 5.74) is -0.0250. The van der Waals surface area contributed by atoms with Gasteiger partial charge in [-0.25, -0.2) is 13.8 Å². The van der Waals surface area contributed by atoms with Crippen molar-refractivity contribution in [2.45, 2.75) is 11.8 Å². The van der Waals surface area contributed by atoms with Crippen LogP contribution in [0.15, 0.2) is 10.8 Å². The molecule has 6 heteroatoms. The van der Waals surface area contributed by atoms with Crippen LogP contribution in [0.3, 0.4) is 0 Å². The maximum atomic E-state index is 12.6. The fourth-order valence-electron chi connectivity index (χ4n) is 1.00. The predicted octanol–water partition coefficient (Wildman–Crippen LogP) is 3.55. The molecule has 0 saturated heterocycles. The van der Waals surface area contributed by atoms with Gasteiger partial charge in [-0.2, -0.15) is 5.26 Å². The van der Waals surface area contributed by atoms with Crippen molar-refractivity contribution in [1.29, 1.82) is 5.26 Å². The van der Waals surface area contributed by atoms with Gasteiger partial charge in [0.2, 0.25) is 0 Å². The maximum absolute atomic E-state index is 12.6. The fourth-order valence-corrected chi connectivity index (χ4v) is 1.85. The van der Waals surface area contributed by atoms with Gasteiger partial charge in [0.05, 0.1) is 5.56 Å². The summed E-state index contributed by atoms with van der Waals surface area (Å²) in [6.45, 7) is 0. The van der Waals surface area contributed by atoms with Crippen molar-refractivity contribution < 1.29 is 8.78 Å². The summed E-state index contributed by atoms with van der Waals surface area (Å²) in [5.74, 6) is 0. The van der Waals surface area contributed by atoms with Crippen molar-refractivity contribution in [3.05, 3.63) is 27.5 Å². The molecule has 0 radical (unpaired) electrons. The van der Waals surface area contributed by atoms with Crippen molar-refractivity contribution in [2.24, 2.45) is 0 Å². The average Bonchev–Trinajstić information content (AvgIpc) is 2.17. The number of alkyl halides is 3. The van der Waals surface area contributed by atoms with Crippen LogP contribution < -0.4 is 0 Å². The minimum atomic E-state index is -2.67. The molecule has 0 bridgehead atoms. The largest absolute Gasteiger partial charge is 0.265 e. The first-order chi connectivity index (χ1) is 6.61. The van der Waals surface area contributed by atoms with Crippen LogP contribution in [0.1, 0.15) is 23.1 Å². The van der Waals surface area contributed by atoms with Gasteiger partial charge in [-0.1, -0.05) is 15.9 Å². The molecule has 0 unspecified atom stereocenters. The second-order valence-corrected chi connectivity index (χ2v) is 3.72. The molecule has 0 N–H and O–H groups in total. The third kappa shape index (κ3) is 2.10. The normalized spacial score (nSPS) is 10.3. The van der Waals surface area contributed by atoms with Crippen molar-refractivity contribution in [3.63, 3.8) is 0 Å². The Kier molecular flexibility index (Phi) is 3.96. The zero-order valence-electron chi connectivity index (χ0n) is 6.77. The highest BCUT2D eigenvalue weighted by molar-refractivity contribution is 9.10. The number of hydrogen-bond donors (Lipinski definition) is 0. The Bertz CT molecular complexity index is 388. The van der Waals surface area contributed by atoms with E-state index in [4.69, 9.17) is 5.26 Å². The molecule has 1 aromatic heterocycles. The Morgan fingerprint density at radius 1 is 1.57 bits per heavy atom. The van der Waals surface area contributed by atoms with E-state index in [1.54, 1.807) is 6.07 Å². The second kappa shape index (κ2) is 4.80. The van der Waals surface area contributed by atoms with E-state index in [1.807, 2.05) is 0 Å². The van der Waals surface area contributed by atoms with Gasteiger partial charge in [0.25, 0.3) is 6.43 Å². The highest BCUT2D eigenvalue weighted by Gasteiger charge is 2.20.